The maximum absolute atomic E-state index is 14.0. The van der Waals surface area contributed by atoms with Crippen molar-refractivity contribution < 1.29 is 28.6 Å². The number of amides is 2. The van der Waals surface area contributed by atoms with Crippen molar-refractivity contribution in [3.63, 3.8) is 0 Å². The van der Waals surface area contributed by atoms with E-state index in [4.69, 9.17) is 14.2 Å². The van der Waals surface area contributed by atoms with Gasteiger partial charge in [0.05, 0.1) is 13.7 Å². The fourth-order valence-corrected chi connectivity index (χ4v) is 6.69. The van der Waals surface area contributed by atoms with Crippen molar-refractivity contribution in [1.82, 2.24) is 14.8 Å². The minimum absolute atomic E-state index is 0.0299. The summed E-state index contributed by atoms with van der Waals surface area (Å²) >= 11 is 0. The molecule has 2 amide bonds. The fourth-order valence-electron chi connectivity index (χ4n) is 6.69. The summed E-state index contributed by atoms with van der Waals surface area (Å²) in [5, 5.41) is 2.90. The summed E-state index contributed by atoms with van der Waals surface area (Å²) in [5.41, 5.74) is -0.185. The molecule has 2 aliphatic heterocycles. The lowest BCUT2D eigenvalue weighted by Crippen LogP contribution is -2.55. The number of carbonyl (C=O) groups is 3. The van der Waals surface area contributed by atoms with Gasteiger partial charge in [-0.15, -0.1) is 0 Å². The number of pyridine rings is 1. The Morgan fingerprint density at radius 3 is 2.56 bits per heavy atom. The van der Waals surface area contributed by atoms with Crippen LogP contribution in [0.2, 0.25) is 0 Å². The molecule has 0 aromatic carbocycles. The second-order valence-electron chi connectivity index (χ2n) is 11.2. The lowest BCUT2D eigenvalue weighted by Gasteiger charge is -2.31. The van der Waals surface area contributed by atoms with Gasteiger partial charge in [-0.25, -0.2) is 9.59 Å². The van der Waals surface area contributed by atoms with E-state index in [2.05, 4.69) is 11.4 Å². The van der Waals surface area contributed by atoms with Crippen LogP contribution in [0.1, 0.15) is 64.2 Å². The molecule has 4 aliphatic rings. The van der Waals surface area contributed by atoms with Crippen LogP contribution >= 0.6 is 0 Å². The summed E-state index contributed by atoms with van der Waals surface area (Å²) in [6.45, 7) is 0.490. The average Bonchev–Trinajstić information content (AvgIpc) is 3.69. The minimum Gasteiger partial charge on any atom is -0.473 e. The molecule has 0 unspecified atom stereocenters. The molecule has 1 N–H and O–H groups in total. The molecule has 5 rings (SSSR count). The summed E-state index contributed by atoms with van der Waals surface area (Å²) in [6, 6.07) is 3.23. The Balaban J connectivity index is 1.47. The van der Waals surface area contributed by atoms with Gasteiger partial charge in [-0.05, 0) is 62.8 Å². The molecule has 0 radical (unpaired) electrons. The van der Waals surface area contributed by atoms with E-state index in [9.17, 15) is 19.2 Å². The van der Waals surface area contributed by atoms with Gasteiger partial charge in [-0.3, -0.25) is 14.2 Å². The number of nitrogens with zero attached hydrogens (tertiary/aromatic N) is 2. The van der Waals surface area contributed by atoms with E-state index in [1.165, 1.54) is 18.1 Å². The molecule has 10 heteroatoms. The number of hydrogen-bond donors (Lipinski definition) is 1. The van der Waals surface area contributed by atoms with Gasteiger partial charge in [0, 0.05) is 19.0 Å². The van der Waals surface area contributed by atoms with E-state index in [0.717, 1.165) is 57.8 Å². The Kier molecular flexibility index (Phi) is 8.57. The lowest BCUT2D eigenvalue weighted by atomic mass is 9.96. The summed E-state index contributed by atoms with van der Waals surface area (Å²) in [4.78, 5) is 54.1. The quantitative estimate of drug-likeness (QED) is 0.452. The van der Waals surface area contributed by atoms with Crippen molar-refractivity contribution in [2.45, 2.75) is 95.0 Å². The fraction of sp³-hybridized carbons (Fsp3) is 0.655. The highest BCUT2D eigenvalue weighted by molar-refractivity contribution is 5.90. The highest BCUT2D eigenvalue weighted by atomic mass is 16.6. The van der Waals surface area contributed by atoms with E-state index >= 15 is 0 Å². The van der Waals surface area contributed by atoms with Crippen LogP contribution in [-0.2, 0) is 25.6 Å². The zero-order valence-electron chi connectivity index (χ0n) is 22.6. The molecule has 1 aromatic heterocycles. The number of fused-ring (bicyclic) bond motifs is 4. The van der Waals surface area contributed by atoms with Gasteiger partial charge in [0.1, 0.15) is 24.3 Å². The highest BCUT2D eigenvalue weighted by Gasteiger charge is 2.46. The number of rotatable bonds is 2. The van der Waals surface area contributed by atoms with E-state index in [-0.39, 0.29) is 42.4 Å². The summed E-state index contributed by atoms with van der Waals surface area (Å²) in [6.07, 6.45) is 11.0. The Labute approximate surface area is 228 Å². The van der Waals surface area contributed by atoms with Crippen LogP contribution in [-0.4, -0.2) is 65.4 Å². The molecule has 0 spiro atoms. The van der Waals surface area contributed by atoms with E-state index < -0.39 is 30.3 Å². The van der Waals surface area contributed by atoms with Gasteiger partial charge in [0.25, 0.3) is 5.56 Å². The molecule has 2 saturated carbocycles. The molecule has 3 heterocycles. The van der Waals surface area contributed by atoms with Crippen molar-refractivity contribution in [2.24, 2.45) is 11.8 Å². The third-order valence-corrected chi connectivity index (χ3v) is 8.73. The number of carbonyl (C=O) groups excluding carboxylic acids is 3. The summed E-state index contributed by atoms with van der Waals surface area (Å²) in [5.74, 6) is -0.242. The third-order valence-electron chi connectivity index (χ3n) is 8.73. The van der Waals surface area contributed by atoms with Crippen LogP contribution < -0.4 is 15.6 Å². The van der Waals surface area contributed by atoms with Crippen LogP contribution in [0.4, 0.5) is 4.79 Å². The number of methoxy groups -OCH3 is 1. The zero-order chi connectivity index (χ0) is 27.4. The molecular formula is C29H39N3O7. The normalized spacial score (nSPS) is 30.4. The molecule has 39 heavy (non-hydrogen) atoms. The summed E-state index contributed by atoms with van der Waals surface area (Å²) in [7, 11) is 1.30. The maximum Gasteiger partial charge on any atom is 0.408 e. The van der Waals surface area contributed by atoms with Gasteiger partial charge < -0.3 is 24.4 Å². The molecular weight excluding hydrogens is 502 g/mol. The first-order valence-corrected chi connectivity index (χ1v) is 14.3. The van der Waals surface area contributed by atoms with Crippen LogP contribution in [0.5, 0.6) is 5.88 Å². The number of aromatic nitrogens is 1. The number of esters is 1. The second kappa shape index (κ2) is 12.3. The Bertz CT molecular complexity index is 1140. The van der Waals surface area contributed by atoms with Gasteiger partial charge >= 0.3 is 12.1 Å². The minimum atomic E-state index is -0.848. The molecule has 1 aromatic rings. The van der Waals surface area contributed by atoms with E-state index in [1.807, 2.05) is 6.08 Å². The molecule has 1 saturated heterocycles. The van der Waals surface area contributed by atoms with Gasteiger partial charge in [-0.2, -0.15) is 0 Å². The topological polar surface area (TPSA) is 116 Å². The smallest absolute Gasteiger partial charge is 0.408 e. The number of ether oxygens (including phenoxy) is 3. The first-order chi connectivity index (χ1) is 18.9. The Hall–Kier alpha value is -3.30. The number of alkyl carbamates (subject to hydrolysis) is 1. The molecule has 10 nitrogen and oxygen atoms in total. The van der Waals surface area contributed by atoms with Gasteiger partial charge in [0.2, 0.25) is 5.91 Å². The number of nitrogens with one attached hydrogen (secondary N) is 1. The molecule has 5 atom stereocenters. The number of hydrogen-bond acceptors (Lipinski definition) is 7. The highest BCUT2D eigenvalue weighted by Crippen LogP contribution is 2.34. The number of allylic oxidation sites excluding steroid dienone is 2. The van der Waals surface area contributed by atoms with E-state index in [0.29, 0.717) is 12.4 Å². The molecule has 212 valence electrons. The first kappa shape index (κ1) is 27.3. The van der Waals surface area contributed by atoms with Crippen molar-refractivity contribution in [2.75, 3.05) is 13.7 Å². The second-order valence-corrected chi connectivity index (χ2v) is 11.2. The van der Waals surface area contributed by atoms with E-state index in [1.54, 1.807) is 16.7 Å². The van der Waals surface area contributed by atoms with Crippen LogP contribution in [0.15, 0.2) is 35.1 Å². The van der Waals surface area contributed by atoms with Crippen molar-refractivity contribution in [3.05, 3.63) is 40.7 Å². The first-order valence-electron chi connectivity index (χ1n) is 14.3. The standard InChI is InChI=1S/C29H39N3O7/c1-37-28(35)22-17-21-18-32(22)27(34)26(20-10-4-5-11-20)30-29(36)39-23-13-7-12-19(23)9-3-2-6-16-31-24(33)14-8-15-25(31)38-21/h2,6,8,14-15,19-23,26H,3-5,7,9-13,16-18H2,1H3,(H,30,36)/t19-,21-,22+,23-,26+/m1/s1. The van der Waals surface area contributed by atoms with Crippen LogP contribution in [0, 0.1) is 11.8 Å². The Morgan fingerprint density at radius 1 is 0.974 bits per heavy atom. The predicted molar refractivity (Wildman–Crippen MR) is 142 cm³/mol. The van der Waals surface area contributed by atoms with Gasteiger partial charge in [0.15, 0.2) is 5.88 Å². The van der Waals surface area contributed by atoms with Crippen molar-refractivity contribution >= 4 is 18.0 Å². The van der Waals surface area contributed by atoms with Crippen LogP contribution in [0.25, 0.3) is 0 Å². The molecule has 2 aliphatic carbocycles. The SMILES string of the molecule is COC(=O)[C@@H]1C[C@@H]2CN1C(=O)[C@H](C1CCCC1)NC(=O)O[C@@H]1CCC[C@H]1CCC=CCn1c(cccc1=O)O2. The van der Waals surface area contributed by atoms with Crippen LogP contribution in [0.3, 0.4) is 0 Å². The monoisotopic (exact) mass is 541 g/mol. The zero-order valence-corrected chi connectivity index (χ0v) is 22.6. The Morgan fingerprint density at radius 2 is 1.77 bits per heavy atom. The maximum atomic E-state index is 14.0. The molecule has 3 fully saturated rings. The lowest BCUT2D eigenvalue weighted by molar-refractivity contribution is -0.152. The largest absolute Gasteiger partial charge is 0.473 e. The third kappa shape index (κ3) is 6.15. The summed E-state index contributed by atoms with van der Waals surface area (Å²) < 4.78 is 18.7. The molecule has 2 bridgehead atoms. The van der Waals surface area contributed by atoms with Gasteiger partial charge in [-0.1, -0.05) is 31.1 Å². The average molecular weight is 542 g/mol. The van der Waals surface area contributed by atoms with Crippen molar-refractivity contribution in [1.29, 1.82) is 0 Å². The van der Waals surface area contributed by atoms with Crippen molar-refractivity contribution in [3.8, 4) is 5.88 Å². The predicted octanol–water partition coefficient (Wildman–Crippen LogP) is 3.17.